The van der Waals surface area contributed by atoms with E-state index in [9.17, 15) is 9.59 Å². The second-order valence-corrected chi connectivity index (χ2v) is 11.5. The number of likely N-dealkylation sites (tertiary alicyclic amines) is 2. The van der Waals surface area contributed by atoms with Crippen LogP contribution < -0.4 is 10.9 Å². The molecular formula is C29H41N7O2. The summed E-state index contributed by atoms with van der Waals surface area (Å²) in [6, 6.07) is 4.70. The van der Waals surface area contributed by atoms with Gasteiger partial charge in [-0.05, 0) is 104 Å². The van der Waals surface area contributed by atoms with Gasteiger partial charge in [0.2, 0.25) is 0 Å². The third-order valence-electron chi connectivity index (χ3n) is 8.39. The molecule has 2 aliphatic heterocycles. The Morgan fingerprint density at radius 3 is 2.47 bits per heavy atom. The Morgan fingerprint density at radius 2 is 1.82 bits per heavy atom. The summed E-state index contributed by atoms with van der Waals surface area (Å²) in [6.07, 6.45) is 6.31. The predicted molar refractivity (Wildman–Crippen MR) is 150 cm³/mol. The Balaban J connectivity index is 1.38. The smallest absolute Gasteiger partial charge is 0.253 e. The maximum absolute atomic E-state index is 13.5. The molecular weight excluding hydrogens is 478 g/mol. The Bertz CT molecular complexity index is 1360. The molecule has 0 unspecified atom stereocenters. The van der Waals surface area contributed by atoms with Gasteiger partial charge in [0.1, 0.15) is 0 Å². The number of amides is 1. The van der Waals surface area contributed by atoms with Gasteiger partial charge in [0.05, 0.1) is 17.1 Å². The molecule has 5 heterocycles. The first kappa shape index (κ1) is 26.6. The number of nitrogens with one attached hydrogen (secondary N) is 2. The first-order valence-corrected chi connectivity index (χ1v) is 14.0. The zero-order valence-corrected chi connectivity index (χ0v) is 23.4. The summed E-state index contributed by atoms with van der Waals surface area (Å²) in [5.41, 5.74) is 4.40. The highest BCUT2D eigenvalue weighted by atomic mass is 16.1. The molecule has 2 aliphatic rings. The van der Waals surface area contributed by atoms with Gasteiger partial charge in [-0.2, -0.15) is 5.10 Å². The second kappa shape index (κ2) is 11.0. The zero-order chi connectivity index (χ0) is 27.0. The molecule has 2 fully saturated rings. The summed E-state index contributed by atoms with van der Waals surface area (Å²) in [6.45, 7) is 12.6. The molecule has 2 N–H and O–H groups in total. The summed E-state index contributed by atoms with van der Waals surface area (Å²) >= 11 is 0. The number of aromatic nitrogens is 4. The van der Waals surface area contributed by atoms with Crippen molar-refractivity contribution in [3.8, 4) is 0 Å². The third kappa shape index (κ3) is 5.40. The van der Waals surface area contributed by atoms with Gasteiger partial charge < -0.3 is 20.1 Å². The molecule has 1 amide bonds. The van der Waals surface area contributed by atoms with Crippen molar-refractivity contribution in [3.05, 3.63) is 56.8 Å². The van der Waals surface area contributed by atoms with E-state index >= 15 is 0 Å². The lowest BCUT2D eigenvalue weighted by atomic mass is 9.90. The van der Waals surface area contributed by atoms with E-state index in [1.807, 2.05) is 30.7 Å². The molecule has 204 valence electrons. The van der Waals surface area contributed by atoms with Gasteiger partial charge >= 0.3 is 0 Å². The number of aromatic amines is 1. The molecule has 0 atom stereocenters. The van der Waals surface area contributed by atoms with Crippen molar-refractivity contribution in [1.82, 2.24) is 34.9 Å². The minimum atomic E-state index is -0.204. The van der Waals surface area contributed by atoms with E-state index in [1.165, 1.54) is 25.9 Å². The normalized spacial score (nSPS) is 18.5. The van der Waals surface area contributed by atoms with Gasteiger partial charge in [-0.25, -0.2) is 9.67 Å². The molecule has 0 aliphatic carbocycles. The maximum Gasteiger partial charge on any atom is 0.253 e. The van der Waals surface area contributed by atoms with Crippen LogP contribution in [-0.4, -0.2) is 74.7 Å². The number of piperidine rings is 2. The molecule has 3 aromatic heterocycles. The molecule has 38 heavy (non-hydrogen) atoms. The molecule has 9 nitrogen and oxygen atoms in total. The number of fused-ring (bicyclic) bond motifs is 1. The van der Waals surface area contributed by atoms with Crippen LogP contribution in [0, 0.1) is 13.8 Å². The lowest BCUT2D eigenvalue weighted by molar-refractivity contribution is 0.0948. The molecule has 3 aromatic rings. The lowest BCUT2D eigenvalue weighted by Crippen LogP contribution is -2.46. The van der Waals surface area contributed by atoms with Crippen LogP contribution in [0.3, 0.4) is 0 Å². The maximum atomic E-state index is 13.5. The topological polar surface area (TPSA) is 99.2 Å². The van der Waals surface area contributed by atoms with E-state index in [0.717, 1.165) is 53.9 Å². The first-order chi connectivity index (χ1) is 18.2. The molecule has 0 aromatic carbocycles. The first-order valence-electron chi connectivity index (χ1n) is 14.0. The van der Waals surface area contributed by atoms with E-state index in [4.69, 9.17) is 4.98 Å². The van der Waals surface area contributed by atoms with E-state index < -0.39 is 0 Å². The number of hydrogen-bond acceptors (Lipinski definition) is 6. The van der Waals surface area contributed by atoms with Crippen LogP contribution in [0.25, 0.3) is 11.0 Å². The standard InChI is InChI=1S/C29H41N7O2/c1-18(2)36-27-25(17-31-36)23(28(37)30-16-24-19(3)14-20(4)32-29(24)38)15-26(33-27)21-6-12-35(13-7-21)22-8-10-34(5)11-9-22/h14-15,17-18,21-22H,6-13,16H2,1-5H3,(H,30,37)(H,32,38). The Kier molecular flexibility index (Phi) is 7.68. The quantitative estimate of drug-likeness (QED) is 0.517. The summed E-state index contributed by atoms with van der Waals surface area (Å²) in [5, 5.41) is 8.31. The Morgan fingerprint density at radius 1 is 1.11 bits per heavy atom. The number of carbonyl (C=O) groups excluding carboxylic acids is 1. The van der Waals surface area contributed by atoms with Gasteiger partial charge in [-0.15, -0.1) is 0 Å². The second-order valence-electron chi connectivity index (χ2n) is 11.5. The van der Waals surface area contributed by atoms with Crippen molar-refractivity contribution in [2.75, 3.05) is 33.2 Å². The average Bonchev–Trinajstić information content (AvgIpc) is 3.32. The van der Waals surface area contributed by atoms with Gasteiger partial charge in [-0.3, -0.25) is 9.59 Å². The van der Waals surface area contributed by atoms with Gasteiger partial charge in [0.15, 0.2) is 5.65 Å². The summed E-state index contributed by atoms with van der Waals surface area (Å²) in [7, 11) is 2.21. The minimum absolute atomic E-state index is 0.131. The Hall–Kier alpha value is -3.04. The van der Waals surface area contributed by atoms with Crippen LogP contribution in [0.1, 0.15) is 84.4 Å². The zero-order valence-electron chi connectivity index (χ0n) is 23.4. The number of hydrogen-bond donors (Lipinski definition) is 2. The van der Waals surface area contributed by atoms with E-state index in [-0.39, 0.29) is 24.1 Å². The largest absolute Gasteiger partial charge is 0.348 e. The van der Waals surface area contributed by atoms with Crippen LogP contribution in [0.2, 0.25) is 0 Å². The highest BCUT2D eigenvalue weighted by molar-refractivity contribution is 6.05. The van der Waals surface area contributed by atoms with Crippen LogP contribution >= 0.6 is 0 Å². The van der Waals surface area contributed by atoms with Crippen molar-refractivity contribution in [2.24, 2.45) is 0 Å². The lowest BCUT2D eigenvalue weighted by Gasteiger charge is -2.41. The molecule has 0 bridgehead atoms. The number of nitrogens with zero attached hydrogens (tertiary/aromatic N) is 5. The van der Waals surface area contributed by atoms with E-state index in [0.29, 0.717) is 23.1 Å². The summed E-state index contributed by atoms with van der Waals surface area (Å²) in [5.74, 6) is 0.108. The Labute approximate surface area is 224 Å². The molecule has 5 rings (SSSR count). The molecule has 2 saturated heterocycles. The van der Waals surface area contributed by atoms with Gasteiger partial charge in [0.25, 0.3) is 11.5 Å². The minimum Gasteiger partial charge on any atom is -0.348 e. The fraction of sp³-hybridized carbons (Fsp3) is 0.586. The van der Waals surface area contributed by atoms with Crippen LogP contribution in [0.4, 0.5) is 0 Å². The fourth-order valence-corrected chi connectivity index (χ4v) is 6.10. The van der Waals surface area contributed by atoms with E-state index in [1.54, 1.807) is 6.20 Å². The summed E-state index contributed by atoms with van der Waals surface area (Å²) in [4.78, 5) is 39.0. The monoisotopic (exact) mass is 519 g/mol. The summed E-state index contributed by atoms with van der Waals surface area (Å²) < 4.78 is 1.90. The van der Waals surface area contributed by atoms with Crippen LogP contribution in [0.15, 0.2) is 23.1 Å². The number of aryl methyl sites for hydroxylation is 2. The fourth-order valence-electron chi connectivity index (χ4n) is 6.10. The van der Waals surface area contributed by atoms with Gasteiger partial charge in [-0.1, -0.05) is 0 Å². The average molecular weight is 520 g/mol. The number of carbonyl (C=O) groups is 1. The van der Waals surface area contributed by atoms with Crippen molar-refractivity contribution in [2.45, 2.75) is 77.9 Å². The number of rotatable bonds is 6. The molecule has 9 heteroatoms. The SMILES string of the molecule is Cc1cc(C)c(CNC(=O)c2cc(C3CCN(C4CCN(C)CC4)CC3)nc3c2cnn3C(C)C)c(=O)[nH]1. The van der Waals surface area contributed by atoms with Crippen molar-refractivity contribution in [3.63, 3.8) is 0 Å². The van der Waals surface area contributed by atoms with E-state index in [2.05, 4.69) is 46.1 Å². The van der Waals surface area contributed by atoms with Crippen molar-refractivity contribution >= 4 is 16.9 Å². The molecule has 0 spiro atoms. The number of H-pyrrole nitrogens is 1. The number of pyridine rings is 2. The van der Waals surface area contributed by atoms with Crippen molar-refractivity contribution < 1.29 is 4.79 Å². The highest BCUT2D eigenvalue weighted by Crippen LogP contribution is 2.32. The predicted octanol–water partition coefficient (Wildman–Crippen LogP) is 3.52. The molecule has 0 saturated carbocycles. The van der Waals surface area contributed by atoms with Crippen LogP contribution in [-0.2, 0) is 6.54 Å². The van der Waals surface area contributed by atoms with Crippen molar-refractivity contribution in [1.29, 1.82) is 0 Å². The van der Waals surface area contributed by atoms with Gasteiger partial charge in [0, 0.05) is 41.5 Å². The highest BCUT2D eigenvalue weighted by Gasteiger charge is 2.30. The molecule has 0 radical (unpaired) electrons. The third-order valence-corrected chi connectivity index (χ3v) is 8.39. The van der Waals surface area contributed by atoms with Crippen LogP contribution in [0.5, 0.6) is 0 Å².